The molecule has 80 valence electrons. The molecule has 0 atom stereocenters. The van der Waals surface area contributed by atoms with E-state index in [-0.39, 0.29) is 0 Å². The predicted molar refractivity (Wildman–Crippen MR) is 61.2 cm³/mol. The zero-order valence-corrected chi connectivity index (χ0v) is 9.57. The summed E-state index contributed by atoms with van der Waals surface area (Å²) in [6.07, 6.45) is 11.5. The molecule has 1 N–H and O–H groups in total. The van der Waals surface area contributed by atoms with Crippen molar-refractivity contribution in [2.45, 2.75) is 65.2 Å². The van der Waals surface area contributed by atoms with Crippen molar-refractivity contribution in [3.63, 3.8) is 0 Å². The second-order valence-corrected chi connectivity index (χ2v) is 3.93. The van der Waals surface area contributed by atoms with Gasteiger partial charge in [0, 0.05) is 0 Å². The zero-order chi connectivity index (χ0) is 9.78. The third-order valence-electron chi connectivity index (χ3n) is 2.21. The second-order valence-electron chi connectivity index (χ2n) is 3.93. The first kappa shape index (κ1) is 13.0. The lowest BCUT2D eigenvalue weighted by atomic mass is 10.4. The van der Waals surface area contributed by atoms with E-state index in [4.69, 9.17) is 0 Å². The standard InChI is InChI=1S/C5H10.C4H9N.C3H8/c2*1-2-4-5-3-1;1-3-2/h1-5H2;5H,1-4H2;3H2,1-2H3. The van der Waals surface area contributed by atoms with Crippen molar-refractivity contribution in [3.8, 4) is 0 Å². The fourth-order valence-corrected chi connectivity index (χ4v) is 1.51. The molecule has 0 aromatic heterocycles. The molecular weight excluding hydrogens is 158 g/mol. The Kier molecular flexibility index (Phi) is 11.9. The quantitative estimate of drug-likeness (QED) is 0.606. The third kappa shape index (κ3) is 12.0. The van der Waals surface area contributed by atoms with Crippen LogP contribution in [0.25, 0.3) is 0 Å². The van der Waals surface area contributed by atoms with Crippen LogP contribution in [-0.2, 0) is 0 Å². The minimum atomic E-state index is 1.25. The molecule has 1 saturated heterocycles. The van der Waals surface area contributed by atoms with Gasteiger partial charge in [-0.15, -0.1) is 0 Å². The van der Waals surface area contributed by atoms with Crippen molar-refractivity contribution >= 4 is 0 Å². The molecule has 0 unspecified atom stereocenters. The molecule has 1 heterocycles. The van der Waals surface area contributed by atoms with Crippen molar-refractivity contribution < 1.29 is 0 Å². The van der Waals surface area contributed by atoms with Crippen LogP contribution in [0.3, 0.4) is 0 Å². The minimum Gasteiger partial charge on any atom is -0.317 e. The average molecular weight is 185 g/mol. The van der Waals surface area contributed by atoms with Gasteiger partial charge in [0.1, 0.15) is 0 Å². The highest BCUT2D eigenvalue weighted by atomic mass is 14.9. The maximum Gasteiger partial charge on any atom is -0.00484 e. The molecule has 0 aromatic rings. The van der Waals surface area contributed by atoms with Crippen molar-refractivity contribution in [2.24, 2.45) is 0 Å². The molecule has 13 heavy (non-hydrogen) atoms. The normalized spacial score (nSPS) is 19.8. The molecule has 0 aromatic carbocycles. The molecule has 1 aliphatic heterocycles. The van der Waals surface area contributed by atoms with Gasteiger partial charge in [0.05, 0.1) is 0 Å². The van der Waals surface area contributed by atoms with Gasteiger partial charge in [-0.1, -0.05) is 52.4 Å². The van der Waals surface area contributed by atoms with E-state index in [2.05, 4.69) is 19.2 Å². The number of hydrogen-bond donors (Lipinski definition) is 1. The molecule has 1 nitrogen and oxygen atoms in total. The Balaban J connectivity index is 0.000000174. The Bertz CT molecular complexity index is 48.0. The van der Waals surface area contributed by atoms with Gasteiger partial charge in [0.15, 0.2) is 0 Å². The van der Waals surface area contributed by atoms with Crippen LogP contribution in [0, 0.1) is 0 Å². The molecule has 1 aliphatic carbocycles. The predicted octanol–water partition coefficient (Wildman–Crippen LogP) is 3.74. The topological polar surface area (TPSA) is 12.0 Å². The fraction of sp³-hybridized carbons (Fsp3) is 1.00. The summed E-state index contributed by atoms with van der Waals surface area (Å²) in [5.74, 6) is 0. The summed E-state index contributed by atoms with van der Waals surface area (Å²) in [5, 5.41) is 3.22. The van der Waals surface area contributed by atoms with Crippen LogP contribution in [0.4, 0.5) is 0 Å². The first-order valence-electron chi connectivity index (χ1n) is 6.12. The van der Waals surface area contributed by atoms with E-state index in [1.165, 1.54) is 64.5 Å². The van der Waals surface area contributed by atoms with E-state index < -0.39 is 0 Å². The summed E-state index contributed by atoms with van der Waals surface area (Å²) in [6, 6.07) is 0. The summed E-state index contributed by atoms with van der Waals surface area (Å²) in [4.78, 5) is 0. The number of hydrogen-bond acceptors (Lipinski definition) is 1. The Labute approximate surface area is 84.3 Å². The van der Waals surface area contributed by atoms with Crippen LogP contribution in [0.15, 0.2) is 0 Å². The highest BCUT2D eigenvalue weighted by molar-refractivity contribution is 4.55. The van der Waals surface area contributed by atoms with Crippen LogP contribution in [-0.4, -0.2) is 13.1 Å². The third-order valence-corrected chi connectivity index (χ3v) is 2.21. The molecule has 2 aliphatic rings. The van der Waals surface area contributed by atoms with E-state index >= 15 is 0 Å². The van der Waals surface area contributed by atoms with Gasteiger partial charge < -0.3 is 5.32 Å². The molecule has 0 radical (unpaired) electrons. The molecule has 1 saturated carbocycles. The lowest BCUT2D eigenvalue weighted by Gasteiger charge is -1.76. The van der Waals surface area contributed by atoms with Crippen LogP contribution >= 0.6 is 0 Å². The first-order chi connectivity index (χ1) is 6.41. The highest BCUT2D eigenvalue weighted by Gasteiger charge is 1.95. The smallest absolute Gasteiger partial charge is 0.00484 e. The van der Waals surface area contributed by atoms with Gasteiger partial charge in [0.25, 0.3) is 0 Å². The van der Waals surface area contributed by atoms with Gasteiger partial charge in [-0.3, -0.25) is 0 Å². The fourth-order valence-electron chi connectivity index (χ4n) is 1.51. The van der Waals surface area contributed by atoms with Crippen LogP contribution < -0.4 is 5.32 Å². The van der Waals surface area contributed by atoms with E-state index in [0.717, 1.165) is 0 Å². The number of rotatable bonds is 0. The minimum absolute atomic E-state index is 1.25. The van der Waals surface area contributed by atoms with Crippen molar-refractivity contribution in [1.29, 1.82) is 0 Å². The maximum absolute atomic E-state index is 3.22. The molecule has 0 bridgehead atoms. The van der Waals surface area contributed by atoms with Gasteiger partial charge in [-0.25, -0.2) is 0 Å². The lowest BCUT2D eigenvalue weighted by Crippen LogP contribution is -2.03. The highest BCUT2D eigenvalue weighted by Crippen LogP contribution is 2.15. The van der Waals surface area contributed by atoms with E-state index in [1.54, 1.807) is 0 Å². The Morgan fingerprint density at radius 2 is 1.00 bits per heavy atom. The van der Waals surface area contributed by atoms with Gasteiger partial charge in [0.2, 0.25) is 0 Å². The molecule has 2 fully saturated rings. The lowest BCUT2D eigenvalue weighted by molar-refractivity contribution is 0.857. The van der Waals surface area contributed by atoms with E-state index in [9.17, 15) is 0 Å². The van der Waals surface area contributed by atoms with Crippen LogP contribution in [0.1, 0.15) is 65.2 Å². The van der Waals surface area contributed by atoms with Crippen LogP contribution in [0.2, 0.25) is 0 Å². The Morgan fingerprint density at radius 1 is 0.692 bits per heavy atom. The molecule has 0 spiro atoms. The summed E-state index contributed by atoms with van der Waals surface area (Å²) < 4.78 is 0. The van der Waals surface area contributed by atoms with Crippen LogP contribution in [0.5, 0.6) is 0 Å². The Hall–Kier alpha value is -0.0400. The molecular formula is C12H27N. The Morgan fingerprint density at radius 3 is 1.15 bits per heavy atom. The molecule has 1 heteroatoms. The largest absolute Gasteiger partial charge is 0.317 e. The molecule has 0 amide bonds. The average Bonchev–Trinajstić information content (AvgIpc) is 2.85. The van der Waals surface area contributed by atoms with Gasteiger partial charge >= 0.3 is 0 Å². The SMILES string of the molecule is C1CCCC1.C1CCNC1.CCC. The zero-order valence-electron chi connectivity index (χ0n) is 9.57. The van der Waals surface area contributed by atoms with E-state index in [1.807, 2.05) is 0 Å². The summed E-state index contributed by atoms with van der Waals surface area (Å²) >= 11 is 0. The van der Waals surface area contributed by atoms with Crippen molar-refractivity contribution in [2.75, 3.05) is 13.1 Å². The monoisotopic (exact) mass is 185 g/mol. The number of nitrogens with one attached hydrogen (secondary N) is 1. The van der Waals surface area contributed by atoms with E-state index in [0.29, 0.717) is 0 Å². The van der Waals surface area contributed by atoms with Crippen molar-refractivity contribution in [3.05, 3.63) is 0 Å². The summed E-state index contributed by atoms with van der Waals surface area (Å²) in [7, 11) is 0. The summed E-state index contributed by atoms with van der Waals surface area (Å²) in [5.41, 5.74) is 0. The summed E-state index contributed by atoms with van der Waals surface area (Å²) in [6.45, 7) is 6.75. The maximum atomic E-state index is 3.22. The second kappa shape index (κ2) is 12.0. The van der Waals surface area contributed by atoms with Gasteiger partial charge in [-0.05, 0) is 25.9 Å². The molecule has 2 rings (SSSR count). The van der Waals surface area contributed by atoms with Gasteiger partial charge in [-0.2, -0.15) is 0 Å². The first-order valence-corrected chi connectivity index (χ1v) is 6.12. The van der Waals surface area contributed by atoms with Crippen molar-refractivity contribution in [1.82, 2.24) is 5.32 Å².